The van der Waals surface area contributed by atoms with Crippen LogP contribution in [-0.2, 0) is 6.54 Å². The molecule has 2 aromatic carbocycles. The van der Waals surface area contributed by atoms with E-state index in [2.05, 4.69) is 44.3 Å². The predicted octanol–water partition coefficient (Wildman–Crippen LogP) is 4.53. The van der Waals surface area contributed by atoms with Crippen LogP contribution < -0.4 is 10.1 Å². The van der Waals surface area contributed by atoms with Crippen LogP contribution in [0.25, 0.3) is 0 Å². The van der Waals surface area contributed by atoms with Crippen LogP contribution in [0.3, 0.4) is 0 Å². The molecule has 0 aliphatic heterocycles. The number of aryl methyl sites for hydroxylation is 1. The maximum atomic E-state index is 5.84. The molecule has 20 heavy (non-hydrogen) atoms. The van der Waals surface area contributed by atoms with E-state index >= 15 is 0 Å². The zero-order valence-corrected chi connectivity index (χ0v) is 12.5. The number of rotatable bonds is 6. The third-order valence-electron chi connectivity index (χ3n) is 3.03. The van der Waals surface area contributed by atoms with Crippen LogP contribution in [-0.4, -0.2) is 6.54 Å². The molecule has 0 aromatic heterocycles. The minimum Gasteiger partial charge on any atom is -0.457 e. The number of ether oxygens (including phenoxy) is 1. The fourth-order valence-corrected chi connectivity index (χ4v) is 2.00. The van der Waals surface area contributed by atoms with Crippen LogP contribution in [0.4, 0.5) is 0 Å². The summed E-state index contributed by atoms with van der Waals surface area (Å²) in [5, 5.41) is 3.44. The smallest absolute Gasteiger partial charge is 0.127 e. The quantitative estimate of drug-likeness (QED) is 0.831. The lowest BCUT2D eigenvalue weighted by molar-refractivity contribution is 0.481. The number of nitrogens with one attached hydrogen (secondary N) is 1. The lowest BCUT2D eigenvalue weighted by atomic mass is 10.2. The third-order valence-corrected chi connectivity index (χ3v) is 3.03. The second kappa shape index (κ2) is 7.11. The highest BCUT2D eigenvalue weighted by Gasteiger charge is 1.99. The normalized spacial score (nSPS) is 10.8. The lowest BCUT2D eigenvalue weighted by Gasteiger charge is -2.09. The average molecular weight is 269 g/mol. The molecule has 0 radical (unpaired) electrons. The zero-order chi connectivity index (χ0) is 14.4. The predicted molar refractivity (Wildman–Crippen MR) is 84.2 cm³/mol. The molecule has 2 nitrogen and oxygen atoms in total. The van der Waals surface area contributed by atoms with Gasteiger partial charge in [-0.3, -0.25) is 0 Å². The summed E-state index contributed by atoms with van der Waals surface area (Å²) in [4.78, 5) is 0. The Balaban J connectivity index is 1.91. The highest BCUT2D eigenvalue weighted by atomic mass is 16.5. The Hall–Kier alpha value is -1.80. The summed E-state index contributed by atoms with van der Waals surface area (Å²) < 4.78 is 5.84. The van der Waals surface area contributed by atoms with Gasteiger partial charge in [0, 0.05) is 6.54 Å². The molecular formula is C18H23NO. The van der Waals surface area contributed by atoms with Crippen molar-refractivity contribution in [1.29, 1.82) is 0 Å². The van der Waals surface area contributed by atoms with Crippen molar-refractivity contribution in [2.75, 3.05) is 6.54 Å². The minimum atomic E-state index is 0.680. The van der Waals surface area contributed by atoms with E-state index in [4.69, 9.17) is 4.74 Å². The minimum absolute atomic E-state index is 0.680. The van der Waals surface area contributed by atoms with Crippen LogP contribution >= 0.6 is 0 Å². The lowest BCUT2D eigenvalue weighted by Crippen LogP contribution is -2.18. The van der Waals surface area contributed by atoms with Crippen molar-refractivity contribution in [2.24, 2.45) is 5.92 Å². The fraction of sp³-hybridized carbons (Fsp3) is 0.333. The second-order valence-corrected chi connectivity index (χ2v) is 5.59. The van der Waals surface area contributed by atoms with Gasteiger partial charge >= 0.3 is 0 Å². The second-order valence-electron chi connectivity index (χ2n) is 5.59. The molecule has 0 spiro atoms. The molecule has 0 atom stereocenters. The van der Waals surface area contributed by atoms with E-state index < -0.39 is 0 Å². The van der Waals surface area contributed by atoms with E-state index in [9.17, 15) is 0 Å². The summed E-state index contributed by atoms with van der Waals surface area (Å²) in [6.07, 6.45) is 0. The Kier molecular flexibility index (Phi) is 5.19. The summed E-state index contributed by atoms with van der Waals surface area (Å²) in [6.45, 7) is 8.44. The van der Waals surface area contributed by atoms with E-state index in [-0.39, 0.29) is 0 Å². The Bertz CT molecular complexity index is 531. The molecule has 2 heteroatoms. The van der Waals surface area contributed by atoms with Gasteiger partial charge in [-0.05, 0) is 54.8 Å². The van der Waals surface area contributed by atoms with Gasteiger partial charge in [-0.2, -0.15) is 0 Å². The van der Waals surface area contributed by atoms with Crippen LogP contribution in [0, 0.1) is 12.8 Å². The summed E-state index contributed by atoms with van der Waals surface area (Å²) in [7, 11) is 0. The summed E-state index contributed by atoms with van der Waals surface area (Å²) >= 11 is 0. The molecule has 2 aromatic rings. The largest absolute Gasteiger partial charge is 0.457 e. The van der Waals surface area contributed by atoms with Crippen molar-refractivity contribution in [3.05, 3.63) is 59.7 Å². The zero-order valence-electron chi connectivity index (χ0n) is 12.5. The first kappa shape index (κ1) is 14.6. The molecule has 0 saturated carbocycles. The van der Waals surface area contributed by atoms with Crippen molar-refractivity contribution >= 4 is 0 Å². The molecule has 106 valence electrons. The van der Waals surface area contributed by atoms with Gasteiger partial charge in [-0.1, -0.05) is 38.1 Å². The SMILES string of the molecule is Cc1cccc(Oc2ccc(CNCC(C)C)cc2)c1. The topological polar surface area (TPSA) is 21.3 Å². The Labute approximate surface area is 121 Å². The standard InChI is InChI=1S/C18H23NO/c1-14(2)12-19-13-16-7-9-17(10-8-16)20-18-6-4-5-15(3)11-18/h4-11,14,19H,12-13H2,1-3H3. The molecule has 2 rings (SSSR count). The first-order valence-electron chi connectivity index (χ1n) is 7.17. The van der Waals surface area contributed by atoms with E-state index in [1.165, 1.54) is 11.1 Å². The van der Waals surface area contributed by atoms with E-state index in [0.717, 1.165) is 24.6 Å². The highest BCUT2D eigenvalue weighted by Crippen LogP contribution is 2.22. The van der Waals surface area contributed by atoms with Gasteiger partial charge in [-0.25, -0.2) is 0 Å². The van der Waals surface area contributed by atoms with Crippen molar-refractivity contribution in [3.8, 4) is 11.5 Å². The Morgan fingerprint density at radius 1 is 1.00 bits per heavy atom. The molecular weight excluding hydrogens is 246 g/mol. The molecule has 0 bridgehead atoms. The Morgan fingerprint density at radius 3 is 2.40 bits per heavy atom. The van der Waals surface area contributed by atoms with E-state index in [1.54, 1.807) is 0 Å². The molecule has 0 aliphatic rings. The summed E-state index contributed by atoms with van der Waals surface area (Å²) in [6, 6.07) is 16.4. The molecule has 0 saturated heterocycles. The van der Waals surface area contributed by atoms with Gasteiger partial charge in [0.2, 0.25) is 0 Å². The monoisotopic (exact) mass is 269 g/mol. The van der Waals surface area contributed by atoms with Crippen LogP contribution in [0.2, 0.25) is 0 Å². The first-order chi connectivity index (χ1) is 9.63. The van der Waals surface area contributed by atoms with Gasteiger partial charge in [0.05, 0.1) is 0 Å². The maximum Gasteiger partial charge on any atom is 0.127 e. The molecule has 0 heterocycles. The van der Waals surface area contributed by atoms with Crippen molar-refractivity contribution in [1.82, 2.24) is 5.32 Å². The Morgan fingerprint density at radius 2 is 1.75 bits per heavy atom. The molecule has 1 N–H and O–H groups in total. The van der Waals surface area contributed by atoms with Gasteiger partial charge in [0.25, 0.3) is 0 Å². The fourth-order valence-electron chi connectivity index (χ4n) is 2.00. The first-order valence-corrected chi connectivity index (χ1v) is 7.17. The molecule has 0 amide bonds. The molecule has 0 aliphatic carbocycles. The number of benzene rings is 2. The van der Waals surface area contributed by atoms with Gasteiger partial charge in [0.1, 0.15) is 11.5 Å². The van der Waals surface area contributed by atoms with Gasteiger partial charge in [0.15, 0.2) is 0 Å². The van der Waals surface area contributed by atoms with E-state index in [1.807, 2.05) is 30.3 Å². The molecule has 0 fully saturated rings. The third kappa shape index (κ3) is 4.71. The van der Waals surface area contributed by atoms with Gasteiger partial charge in [-0.15, -0.1) is 0 Å². The van der Waals surface area contributed by atoms with Crippen molar-refractivity contribution in [2.45, 2.75) is 27.3 Å². The van der Waals surface area contributed by atoms with Gasteiger partial charge < -0.3 is 10.1 Å². The van der Waals surface area contributed by atoms with Crippen LogP contribution in [0.5, 0.6) is 11.5 Å². The maximum absolute atomic E-state index is 5.84. The van der Waals surface area contributed by atoms with E-state index in [0.29, 0.717) is 5.92 Å². The summed E-state index contributed by atoms with van der Waals surface area (Å²) in [5.41, 5.74) is 2.49. The van der Waals surface area contributed by atoms with Crippen LogP contribution in [0.15, 0.2) is 48.5 Å². The highest BCUT2D eigenvalue weighted by molar-refractivity contribution is 5.34. The van der Waals surface area contributed by atoms with Crippen molar-refractivity contribution in [3.63, 3.8) is 0 Å². The average Bonchev–Trinajstić information content (AvgIpc) is 2.40. The summed E-state index contributed by atoms with van der Waals surface area (Å²) in [5.74, 6) is 2.44. The van der Waals surface area contributed by atoms with Crippen molar-refractivity contribution < 1.29 is 4.74 Å². The number of hydrogen-bond acceptors (Lipinski definition) is 2. The molecule has 0 unspecified atom stereocenters. The van der Waals surface area contributed by atoms with Crippen LogP contribution in [0.1, 0.15) is 25.0 Å². The number of hydrogen-bond donors (Lipinski definition) is 1.